The van der Waals surface area contributed by atoms with Crippen molar-refractivity contribution in [3.8, 4) is 0 Å². The van der Waals surface area contributed by atoms with E-state index in [-0.39, 0.29) is 12.2 Å². The minimum absolute atomic E-state index is 0.231. The Kier molecular flexibility index (Phi) is 5.79. The quantitative estimate of drug-likeness (QED) is 0.740. The molecule has 0 bridgehead atoms. The zero-order valence-corrected chi connectivity index (χ0v) is 11.4. The number of aliphatic hydroxyl groups is 1. The van der Waals surface area contributed by atoms with Crippen LogP contribution >= 0.6 is 0 Å². The highest BCUT2D eigenvalue weighted by atomic mass is 16.5. The van der Waals surface area contributed by atoms with Crippen LogP contribution < -0.4 is 0 Å². The summed E-state index contributed by atoms with van der Waals surface area (Å²) in [6.45, 7) is 1.34. The molecule has 0 spiro atoms. The van der Waals surface area contributed by atoms with Crippen LogP contribution in [0.3, 0.4) is 0 Å². The molecule has 1 rings (SSSR count). The smallest absolute Gasteiger partial charge is 0.308 e. The van der Waals surface area contributed by atoms with Crippen molar-refractivity contribution < 1.29 is 19.4 Å². The summed E-state index contributed by atoms with van der Waals surface area (Å²) >= 11 is 0. The van der Waals surface area contributed by atoms with Crippen molar-refractivity contribution >= 4 is 11.8 Å². The Morgan fingerprint density at radius 1 is 1.28 bits per heavy atom. The lowest BCUT2D eigenvalue weighted by molar-refractivity contribution is -0.153. The fourth-order valence-electron chi connectivity index (χ4n) is 2.62. The molecule has 104 valence electrons. The molecule has 1 fully saturated rings. The molecule has 1 unspecified atom stereocenters. The first-order chi connectivity index (χ1) is 8.48. The molecule has 4 nitrogen and oxygen atoms in total. The number of hydrogen-bond donors (Lipinski definition) is 1. The topological polar surface area (TPSA) is 63.6 Å². The number of Topliss-reactive ketones (excluding diaryl/α,β-unsaturated/α-hetero) is 1. The summed E-state index contributed by atoms with van der Waals surface area (Å²) < 4.78 is 4.54. The van der Waals surface area contributed by atoms with Gasteiger partial charge in [-0.3, -0.25) is 9.59 Å². The summed E-state index contributed by atoms with van der Waals surface area (Å²) in [7, 11) is 1.27. The molecule has 0 amide bonds. The van der Waals surface area contributed by atoms with Crippen LogP contribution in [0.5, 0.6) is 0 Å². The van der Waals surface area contributed by atoms with E-state index in [0.29, 0.717) is 12.3 Å². The maximum atomic E-state index is 11.5. The summed E-state index contributed by atoms with van der Waals surface area (Å²) in [5.41, 5.74) is -1.54. The van der Waals surface area contributed by atoms with Crippen molar-refractivity contribution in [2.75, 3.05) is 7.11 Å². The summed E-state index contributed by atoms with van der Waals surface area (Å²) in [5, 5.41) is 10.3. The van der Waals surface area contributed by atoms with Gasteiger partial charge in [0, 0.05) is 0 Å². The molecule has 0 aromatic carbocycles. The lowest BCUT2D eigenvalue weighted by atomic mass is 9.81. The van der Waals surface area contributed by atoms with Crippen molar-refractivity contribution in [1.29, 1.82) is 0 Å². The van der Waals surface area contributed by atoms with Crippen molar-refractivity contribution in [3.63, 3.8) is 0 Å². The van der Waals surface area contributed by atoms with Gasteiger partial charge in [0.1, 0.15) is 5.60 Å². The first kappa shape index (κ1) is 15.2. The predicted octanol–water partition coefficient (Wildman–Crippen LogP) is 2.23. The van der Waals surface area contributed by atoms with Gasteiger partial charge in [0.05, 0.1) is 13.5 Å². The highest BCUT2D eigenvalue weighted by Gasteiger charge is 2.36. The van der Waals surface area contributed by atoms with Gasteiger partial charge in [-0.05, 0) is 25.7 Å². The van der Waals surface area contributed by atoms with Crippen LogP contribution in [0.2, 0.25) is 0 Å². The molecular weight excluding hydrogens is 232 g/mol. The molecule has 4 heteroatoms. The van der Waals surface area contributed by atoms with Gasteiger partial charge in [-0.1, -0.05) is 32.1 Å². The summed E-state index contributed by atoms with van der Waals surface area (Å²) in [6, 6.07) is 0. The summed E-state index contributed by atoms with van der Waals surface area (Å²) in [5.74, 6) is -0.290. The Hall–Kier alpha value is -0.900. The average Bonchev–Trinajstić information content (AvgIpc) is 2.37. The lowest BCUT2D eigenvalue weighted by Gasteiger charge is -2.28. The molecular formula is C14H24O4. The third-order valence-electron chi connectivity index (χ3n) is 4.01. The summed E-state index contributed by atoms with van der Waals surface area (Å²) in [6.07, 6.45) is 7.05. The van der Waals surface area contributed by atoms with Gasteiger partial charge in [0.2, 0.25) is 0 Å². The van der Waals surface area contributed by atoms with Gasteiger partial charge in [0.15, 0.2) is 5.78 Å². The van der Waals surface area contributed by atoms with Crippen molar-refractivity contribution in [2.24, 2.45) is 5.92 Å². The van der Waals surface area contributed by atoms with Crippen LogP contribution in [0.25, 0.3) is 0 Å². The molecule has 0 aliphatic heterocycles. The highest BCUT2D eigenvalue weighted by molar-refractivity contribution is 5.89. The molecule has 1 aliphatic carbocycles. The minimum Gasteiger partial charge on any atom is -0.469 e. The second kappa shape index (κ2) is 6.88. The standard InChI is InChI=1S/C14H24O4/c1-11(15)14(17,10-13(16)18-2)9-8-12-6-4-3-5-7-12/h12,17H,3-10H2,1-2H3. The molecule has 0 heterocycles. The number of esters is 1. The molecule has 1 aliphatic rings. The van der Waals surface area contributed by atoms with Gasteiger partial charge in [-0.15, -0.1) is 0 Å². The number of rotatable bonds is 6. The van der Waals surface area contributed by atoms with Crippen molar-refractivity contribution in [3.05, 3.63) is 0 Å². The zero-order chi connectivity index (χ0) is 13.6. The Balaban J connectivity index is 2.50. The van der Waals surface area contributed by atoms with E-state index in [2.05, 4.69) is 4.74 Å². The van der Waals surface area contributed by atoms with E-state index in [9.17, 15) is 14.7 Å². The van der Waals surface area contributed by atoms with Crippen LogP contribution in [0, 0.1) is 5.92 Å². The SMILES string of the molecule is COC(=O)CC(O)(CCC1CCCCC1)C(C)=O. The highest BCUT2D eigenvalue weighted by Crippen LogP contribution is 2.31. The van der Waals surface area contributed by atoms with E-state index in [4.69, 9.17) is 0 Å². The van der Waals surface area contributed by atoms with Crippen LogP contribution in [-0.4, -0.2) is 29.6 Å². The van der Waals surface area contributed by atoms with Gasteiger partial charge >= 0.3 is 5.97 Å². The maximum absolute atomic E-state index is 11.5. The molecule has 1 N–H and O–H groups in total. The van der Waals surface area contributed by atoms with Crippen LogP contribution in [-0.2, 0) is 14.3 Å². The van der Waals surface area contributed by atoms with Gasteiger partial charge in [0.25, 0.3) is 0 Å². The predicted molar refractivity (Wildman–Crippen MR) is 68.1 cm³/mol. The number of ketones is 1. The van der Waals surface area contributed by atoms with Gasteiger partial charge in [-0.25, -0.2) is 0 Å². The maximum Gasteiger partial charge on any atom is 0.308 e. The fraction of sp³-hybridized carbons (Fsp3) is 0.857. The number of methoxy groups -OCH3 is 1. The van der Waals surface area contributed by atoms with Crippen LogP contribution in [0.15, 0.2) is 0 Å². The minimum atomic E-state index is -1.54. The number of ether oxygens (including phenoxy) is 1. The Morgan fingerprint density at radius 2 is 1.89 bits per heavy atom. The molecule has 1 atom stereocenters. The average molecular weight is 256 g/mol. The molecule has 1 saturated carbocycles. The molecule has 18 heavy (non-hydrogen) atoms. The molecule has 0 aromatic rings. The third kappa shape index (κ3) is 4.41. The van der Waals surface area contributed by atoms with E-state index >= 15 is 0 Å². The van der Waals surface area contributed by atoms with Crippen molar-refractivity contribution in [2.45, 2.75) is 63.9 Å². The van der Waals surface area contributed by atoms with Crippen molar-refractivity contribution in [1.82, 2.24) is 0 Å². The first-order valence-electron chi connectivity index (χ1n) is 6.78. The Bertz CT molecular complexity index is 294. The van der Waals surface area contributed by atoms with E-state index in [1.54, 1.807) is 0 Å². The fourth-order valence-corrected chi connectivity index (χ4v) is 2.62. The monoisotopic (exact) mass is 256 g/mol. The first-order valence-corrected chi connectivity index (χ1v) is 6.78. The molecule has 0 radical (unpaired) electrons. The number of carbonyl (C=O) groups is 2. The number of carbonyl (C=O) groups excluding carboxylic acids is 2. The van der Waals surface area contributed by atoms with E-state index in [1.165, 1.54) is 46.1 Å². The normalized spacial score (nSPS) is 20.2. The largest absolute Gasteiger partial charge is 0.469 e. The third-order valence-corrected chi connectivity index (χ3v) is 4.01. The molecule has 0 saturated heterocycles. The second-order valence-corrected chi connectivity index (χ2v) is 5.38. The van der Waals surface area contributed by atoms with E-state index < -0.39 is 11.6 Å². The van der Waals surface area contributed by atoms with Crippen LogP contribution in [0.1, 0.15) is 58.3 Å². The second-order valence-electron chi connectivity index (χ2n) is 5.38. The Labute approximate surface area is 109 Å². The summed E-state index contributed by atoms with van der Waals surface area (Å²) in [4.78, 5) is 22.8. The zero-order valence-electron chi connectivity index (χ0n) is 11.4. The van der Waals surface area contributed by atoms with Crippen LogP contribution in [0.4, 0.5) is 0 Å². The number of hydrogen-bond acceptors (Lipinski definition) is 4. The Morgan fingerprint density at radius 3 is 2.39 bits per heavy atom. The van der Waals surface area contributed by atoms with Gasteiger partial charge in [-0.2, -0.15) is 0 Å². The lowest BCUT2D eigenvalue weighted by Crippen LogP contribution is -2.40. The molecule has 0 aromatic heterocycles. The van der Waals surface area contributed by atoms with E-state index in [0.717, 1.165) is 6.42 Å². The van der Waals surface area contributed by atoms with Gasteiger partial charge < -0.3 is 9.84 Å². The van der Waals surface area contributed by atoms with E-state index in [1.807, 2.05) is 0 Å².